The molecule has 7 rings (SSSR count). The van der Waals surface area contributed by atoms with E-state index in [4.69, 9.17) is 19.4 Å². The van der Waals surface area contributed by atoms with Gasteiger partial charge in [0.1, 0.15) is 0 Å². The van der Waals surface area contributed by atoms with E-state index < -0.39 is 13.5 Å². The van der Waals surface area contributed by atoms with Crippen LogP contribution in [0, 0.1) is 6.67 Å². The summed E-state index contributed by atoms with van der Waals surface area (Å²) in [6.45, 7) is 6.65. The summed E-state index contributed by atoms with van der Waals surface area (Å²) >= 11 is -1.61. The van der Waals surface area contributed by atoms with Crippen molar-refractivity contribution in [2.24, 2.45) is 0 Å². The zero-order valence-corrected chi connectivity index (χ0v) is 34.7. The van der Waals surface area contributed by atoms with Gasteiger partial charge in [-0.15, -0.1) is 0 Å². The summed E-state index contributed by atoms with van der Waals surface area (Å²) in [5, 5.41) is 0. The van der Waals surface area contributed by atoms with Gasteiger partial charge in [-0.3, -0.25) is 0 Å². The Labute approximate surface area is 319 Å². The van der Waals surface area contributed by atoms with Crippen molar-refractivity contribution in [1.29, 1.82) is 0 Å². The molecule has 0 N–H and O–H groups in total. The van der Waals surface area contributed by atoms with Gasteiger partial charge in [0.25, 0.3) is 0 Å². The predicted molar refractivity (Wildman–Crippen MR) is 219 cm³/mol. The van der Waals surface area contributed by atoms with E-state index in [-0.39, 0.29) is 7.92 Å². The second-order valence-electron chi connectivity index (χ2n) is 14.7. The SMILES string of the molecule is C1CCC([PH+](C2CCCCC2)C2CCCCC2)CC1.CC(c1ccccc1)N1C=CN(C(C)c2ccccc2)[CH-]1.[Cl][Ru]([Cl])=[CH]c1ccccc1. The molecule has 0 saturated heterocycles. The molecular formula is C44H61Cl2N2PRu. The number of benzene rings is 3. The van der Waals surface area contributed by atoms with Crippen molar-refractivity contribution in [2.75, 3.05) is 0 Å². The van der Waals surface area contributed by atoms with Crippen LogP contribution in [0.15, 0.2) is 103 Å². The Kier molecular flexibility index (Phi) is 17.4. The number of hydrogen-bond acceptors (Lipinski definition) is 2. The molecule has 3 aromatic carbocycles. The Morgan fingerprint density at radius 3 is 1.24 bits per heavy atom. The number of nitrogens with zero attached hydrogens (tertiary/aromatic N) is 2. The maximum atomic E-state index is 5.67. The molecule has 0 spiro atoms. The molecule has 3 aromatic rings. The van der Waals surface area contributed by atoms with E-state index in [1.54, 1.807) is 96.3 Å². The third kappa shape index (κ3) is 12.6. The van der Waals surface area contributed by atoms with Crippen molar-refractivity contribution in [2.45, 2.75) is 139 Å². The van der Waals surface area contributed by atoms with Gasteiger partial charge in [-0.05, 0) is 114 Å². The van der Waals surface area contributed by atoms with Gasteiger partial charge in [-0.1, -0.05) is 79.9 Å². The van der Waals surface area contributed by atoms with Crippen LogP contribution in [0.25, 0.3) is 0 Å². The van der Waals surface area contributed by atoms with Crippen LogP contribution in [0.3, 0.4) is 0 Å². The fourth-order valence-corrected chi connectivity index (χ4v) is 15.6. The van der Waals surface area contributed by atoms with Crippen molar-refractivity contribution in [3.05, 3.63) is 127 Å². The first-order valence-electron chi connectivity index (χ1n) is 19.4. The molecule has 4 aliphatic rings. The molecule has 2 unspecified atom stereocenters. The van der Waals surface area contributed by atoms with Crippen LogP contribution in [0.4, 0.5) is 0 Å². The Morgan fingerprint density at radius 1 is 0.560 bits per heavy atom. The molecule has 1 heterocycles. The van der Waals surface area contributed by atoms with Crippen molar-refractivity contribution < 1.29 is 13.5 Å². The van der Waals surface area contributed by atoms with Gasteiger partial charge in [0.05, 0.1) is 17.0 Å². The molecule has 3 fully saturated rings. The van der Waals surface area contributed by atoms with Crippen molar-refractivity contribution in [1.82, 2.24) is 9.80 Å². The van der Waals surface area contributed by atoms with Crippen molar-refractivity contribution in [3.63, 3.8) is 0 Å². The summed E-state index contributed by atoms with van der Waals surface area (Å²) in [6, 6.07) is 31.8. The minimum absolute atomic E-state index is 0.0465. The van der Waals surface area contributed by atoms with Crippen LogP contribution in [0.5, 0.6) is 0 Å². The molecule has 3 aliphatic carbocycles. The molecule has 0 radical (unpaired) electrons. The average molecular weight is 821 g/mol. The molecule has 0 aromatic heterocycles. The normalized spacial score (nSPS) is 20.3. The standard InChI is InChI=1S/C19H21N2.C18H33P.C7H6.2ClH.Ru/c1-16(18-9-5-3-6-10-18)20-13-14-21(15-20)17(2)19-11-7-4-8-12-19;1-4-10-16(11-5-1)19(17-12-6-2-7-13-17)18-14-8-3-9-15-18;1-7-5-3-2-4-6-7;;;/h3-17H,1-2H3;16-18H,1-15H2;1-6H;2*1H;/q-1;;;;;+2/p-1. The van der Waals surface area contributed by atoms with Gasteiger partial charge in [-0.25, -0.2) is 0 Å². The van der Waals surface area contributed by atoms with Gasteiger partial charge in [-0.2, -0.15) is 6.67 Å². The number of halogens is 2. The molecule has 2 nitrogen and oxygen atoms in total. The molecular weight excluding hydrogens is 759 g/mol. The Balaban J connectivity index is 0.000000155. The summed E-state index contributed by atoms with van der Waals surface area (Å²) in [5.74, 6) is 0. The van der Waals surface area contributed by atoms with Gasteiger partial charge < -0.3 is 9.80 Å². The van der Waals surface area contributed by atoms with Gasteiger partial charge in [0.15, 0.2) is 0 Å². The number of rotatable bonds is 8. The average Bonchev–Trinajstić information content (AvgIpc) is 3.68. The first kappa shape index (κ1) is 39.7. The second kappa shape index (κ2) is 21.9. The van der Waals surface area contributed by atoms with E-state index in [9.17, 15) is 0 Å². The maximum absolute atomic E-state index is 5.67. The van der Waals surface area contributed by atoms with E-state index in [1.165, 1.54) is 28.1 Å². The van der Waals surface area contributed by atoms with Crippen LogP contribution in [-0.2, 0) is 13.5 Å². The van der Waals surface area contributed by atoms with Gasteiger partial charge >= 0.3 is 73.4 Å². The Bertz CT molecular complexity index is 1300. The molecule has 274 valence electrons. The Hall–Kier alpha value is -1.50. The quantitative estimate of drug-likeness (QED) is 0.127. The summed E-state index contributed by atoms with van der Waals surface area (Å²) in [7, 11) is 11.3. The Morgan fingerprint density at radius 2 is 0.900 bits per heavy atom. The van der Waals surface area contributed by atoms with Crippen LogP contribution >= 0.6 is 27.3 Å². The van der Waals surface area contributed by atoms with Crippen molar-refractivity contribution in [3.8, 4) is 0 Å². The van der Waals surface area contributed by atoms with Crippen LogP contribution in [-0.4, -0.2) is 31.4 Å². The molecule has 2 atom stereocenters. The zero-order chi connectivity index (χ0) is 35.0. The van der Waals surface area contributed by atoms with Crippen LogP contribution in [0.1, 0.15) is 139 Å². The molecule has 3 saturated carbocycles. The van der Waals surface area contributed by atoms with Gasteiger partial charge in [0.2, 0.25) is 0 Å². The van der Waals surface area contributed by atoms with Crippen LogP contribution < -0.4 is 0 Å². The summed E-state index contributed by atoms with van der Waals surface area (Å²) in [4.78, 5) is 4.52. The summed E-state index contributed by atoms with van der Waals surface area (Å²) < 4.78 is 1.92. The third-order valence-corrected chi connectivity index (χ3v) is 17.8. The van der Waals surface area contributed by atoms with E-state index in [2.05, 4.69) is 103 Å². The predicted octanol–water partition coefficient (Wildman–Crippen LogP) is 13.7. The zero-order valence-electron chi connectivity index (χ0n) is 30.5. The number of hydrogen-bond donors (Lipinski definition) is 0. The van der Waals surface area contributed by atoms with Gasteiger partial charge in [0, 0.05) is 20.0 Å². The fourth-order valence-electron chi connectivity index (χ4n) is 8.57. The summed E-state index contributed by atoms with van der Waals surface area (Å²) in [5.41, 5.74) is 7.45. The van der Waals surface area contributed by atoms with Crippen LogP contribution in [0.2, 0.25) is 0 Å². The second-order valence-corrected chi connectivity index (χ2v) is 23.9. The summed E-state index contributed by atoms with van der Waals surface area (Å²) in [6.07, 6.45) is 28.1. The monoisotopic (exact) mass is 820 g/mol. The van der Waals surface area contributed by atoms with E-state index >= 15 is 0 Å². The third-order valence-electron chi connectivity index (χ3n) is 11.4. The molecule has 50 heavy (non-hydrogen) atoms. The van der Waals surface area contributed by atoms with Crippen molar-refractivity contribution >= 4 is 31.9 Å². The molecule has 0 bridgehead atoms. The molecule has 1 aliphatic heterocycles. The van der Waals surface area contributed by atoms with E-state index in [0.29, 0.717) is 12.1 Å². The first-order chi connectivity index (χ1) is 24.5. The van der Waals surface area contributed by atoms with E-state index in [0.717, 1.165) is 5.56 Å². The molecule has 0 amide bonds. The first-order valence-corrected chi connectivity index (χ1v) is 26.6. The molecule has 6 heteroatoms. The fraction of sp³-hybridized carbons (Fsp3) is 0.500. The van der Waals surface area contributed by atoms with E-state index in [1.807, 2.05) is 34.9 Å². The minimum atomic E-state index is -1.61. The topological polar surface area (TPSA) is 6.48 Å².